The number of carbonyl (C=O) groups excluding carboxylic acids is 2. The Kier molecular flexibility index (Phi) is 7.13. The van der Waals surface area contributed by atoms with Gasteiger partial charge in [-0.2, -0.15) is 0 Å². The zero-order valence-corrected chi connectivity index (χ0v) is 19.9. The van der Waals surface area contributed by atoms with Crippen LogP contribution in [-0.4, -0.2) is 16.8 Å². The van der Waals surface area contributed by atoms with Crippen LogP contribution < -0.4 is 10.6 Å². The molecule has 3 rings (SSSR count). The Balaban J connectivity index is 1.67. The second-order valence-corrected chi connectivity index (χ2v) is 9.29. The van der Waals surface area contributed by atoms with Crippen molar-refractivity contribution in [1.82, 2.24) is 10.3 Å². The molecule has 1 atom stereocenters. The minimum absolute atomic E-state index is 0.124. The molecule has 0 aliphatic heterocycles. The number of hydrogen-bond donors (Lipinski definition) is 2. The highest BCUT2D eigenvalue weighted by Crippen LogP contribution is 2.25. The Labute approximate surface area is 191 Å². The Hall–Kier alpha value is -2.70. The molecule has 0 saturated heterocycles. The second kappa shape index (κ2) is 9.62. The van der Waals surface area contributed by atoms with Crippen LogP contribution in [0, 0.1) is 27.7 Å². The number of thiazole rings is 1. The predicted octanol–water partition coefficient (Wildman–Crippen LogP) is 5.70. The van der Waals surface area contributed by atoms with Gasteiger partial charge in [0.2, 0.25) is 5.91 Å². The Morgan fingerprint density at radius 1 is 1.06 bits per heavy atom. The van der Waals surface area contributed by atoms with Gasteiger partial charge in [-0.3, -0.25) is 9.59 Å². The minimum Gasteiger partial charge on any atom is -0.349 e. The van der Waals surface area contributed by atoms with Crippen LogP contribution in [0.1, 0.15) is 55.6 Å². The van der Waals surface area contributed by atoms with Crippen LogP contribution in [0.4, 0.5) is 5.69 Å². The van der Waals surface area contributed by atoms with Crippen LogP contribution in [-0.2, 0) is 11.2 Å². The average Bonchev–Trinajstić information content (AvgIpc) is 3.04. The number of nitrogens with zero attached hydrogens (tertiary/aromatic N) is 1. The highest BCUT2D eigenvalue weighted by molar-refractivity contribution is 7.14. The highest BCUT2D eigenvalue weighted by atomic mass is 35.5. The normalized spacial score (nSPS) is 11.8. The van der Waals surface area contributed by atoms with Gasteiger partial charge in [-0.1, -0.05) is 41.4 Å². The minimum atomic E-state index is -0.203. The predicted molar refractivity (Wildman–Crippen MR) is 127 cm³/mol. The summed E-state index contributed by atoms with van der Waals surface area (Å²) in [6.07, 6.45) is 0.124. The van der Waals surface area contributed by atoms with Crippen LogP contribution in [0.25, 0.3) is 0 Å². The second-order valence-electron chi connectivity index (χ2n) is 7.77. The van der Waals surface area contributed by atoms with Gasteiger partial charge in [-0.05, 0) is 63.4 Å². The van der Waals surface area contributed by atoms with Gasteiger partial charge in [0.1, 0.15) is 9.88 Å². The third-order valence-electron chi connectivity index (χ3n) is 5.02. The molecule has 0 bridgehead atoms. The number of amides is 2. The summed E-state index contributed by atoms with van der Waals surface area (Å²) in [4.78, 5) is 30.3. The van der Waals surface area contributed by atoms with Crippen molar-refractivity contribution in [3.8, 4) is 0 Å². The summed E-state index contributed by atoms with van der Waals surface area (Å²) in [6.45, 7) is 9.70. The van der Waals surface area contributed by atoms with Gasteiger partial charge in [0.05, 0.1) is 18.2 Å². The first-order chi connectivity index (χ1) is 14.6. The van der Waals surface area contributed by atoms with Crippen LogP contribution >= 0.6 is 22.9 Å². The topological polar surface area (TPSA) is 71.1 Å². The van der Waals surface area contributed by atoms with Crippen molar-refractivity contribution in [2.45, 2.75) is 47.1 Å². The van der Waals surface area contributed by atoms with Gasteiger partial charge in [-0.15, -0.1) is 11.3 Å². The number of anilines is 1. The molecule has 0 aliphatic rings. The lowest BCUT2D eigenvalue weighted by atomic mass is 10.1. The van der Waals surface area contributed by atoms with Crippen molar-refractivity contribution >= 4 is 40.4 Å². The molecule has 1 aromatic heterocycles. The molecule has 0 saturated carbocycles. The summed E-state index contributed by atoms with van der Waals surface area (Å²) in [5, 5.41) is 7.24. The quantitative estimate of drug-likeness (QED) is 0.500. The molecule has 2 amide bonds. The number of halogens is 1. The maximum atomic E-state index is 12.9. The average molecular weight is 456 g/mol. The van der Waals surface area contributed by atoms with Crippen molar-refractivity contribution in [3.05, 3.63) is 79.3 Å². The lowest BCUT2D eigenvalue weighted by molar-refractivity contribution is -0.121. The fraction of sp³-hybridized carbons (Fsp3) is 0.292. The van der Waals surface area contributed by atoms with Gasteiger partial charge in [-0.25, -0.2) is 4.98 Å². The molecule has 7 heteroatoms. The van der Waals surface area contributed by atoms with Crippen molar-refractivity contribution in [2.24, 2.45) is 0 Å². The van der Waals surface area contributed by atoms with E-state index < -0.39 is 0 Å². The Morgan fingerprint density at radius 2 is 1.68 bits per heavy atom. The molecule has 31 heavy (non-hydrogen) atoms. The summed E-state index contributed by atoms with van der Waals surface area (Å²) in [6, 6.07) is 11.3. The fourth-order valence-electron chi connectivity index (χ4n) is 3.55. The van der Waals surface area contributed by atoms with Crippen LogP contribution in [0.5, 0.6) is 0 Å². The number of hydrogen-bond acceptors (Lipinski definition) is 4. The monoisotopic (exact) mass is 455 g/mol. The van der Waals surface area contributed by atoms with E-state index in [1.165, 1.54) is 11.3 Å². The van der Waals surface area contributed by atoms with Gasteiger partial charge < -0.3 is 10.6 Å². The van der Waals surface area contributed by atoms with Gasteiger partial charge in [0.15, 0.2) is 0 Å². The highest BCUT2D eigenvalue weighted by Gasteiger charge is 2.19. The number of carbonyl (C=O) groups is 2. The smallest absolute Gasteiger partial charge is 0.267 e. The standard InChI is InChI=1S/C24H26ClN3O2S/c1-13-10-14(2)22(15(3)11-13)28-24(30)23-17(5)27-21(31-23)12-20(29)26-16(4)18-6-8-19(25)9-7-18/h6-11,16H,12H2,1-5H3,(H,26,29)(H,28,30). The number of rotatable bonds is 6. The molecule has 1 heterocycles. The number of benzene rings is 2. The van der Waals surface area contributed by atoms with Gasteiger partial charge in [0.25, 0.3) is 5.91 Å². The first-order valence-electron chi connectivity index (χ1n) is 10.0. The van der Waals surface area contributed by atoms with Crippen molar-refractivity contribution in [3.63, 3.8) is 0 Å². The van der Waals surface area contributed by atoms with E-state index in [-0.39, 0.29) is 24.3 Å². The lowest BCUT2D eigenvalue weighted by Crippen LogP contribution is -2.28. The van der Waals surface area contributed by atoms with E-state index in [0.717, 1.165) is 27.9 Å². The van der Waals surface area contributed by atoms with Gasteiger partial charge in [0, 0.05) is 10.7 Å². The first-order valence-corrected chi connectivity index (χ1v) is 11.2. The summed E-state index contributed by atoms with van der Waals surface area (Å²) in [5.74, 6) is -0.348. The molecule has 2 N–H and O–H groups in total. The van der Waals surface area contributed by atoms with E-state index in [1.54, 1.807) is 19.1 Å². The largest absolute Gasteiger partial charge is 0.349 e. The third kappa shape index (κ3) is 5.71. The van der Waals surface area contributed by atoms with Crippen LogP contribution in [0.2, 0.25) is 5.02 Å². The van der Waals surface area contributed by atoms with E-state index in [2.05, 4.69) is 15.6 Å². The summed E-state index contributed by atoms with van der Waals surface area (Å²) < 4.78 is 0. The number of nitrogens with one attached hydrogen (secondary N) is 2. The number of aromatic nitrogens is 1. The molecule has 2 aromatic carbocycles. The molecule has 3 aromatic rings. The first kappa shape index (κ1) is 23.0. The molecule has 0 fully saturated rings. The molecule has 1 unspecified atom stereocenters. The zero-order chi connectivity index (χ0) is 22.7. The Bertz CT molecular complexity index is 1100. The maximum absolute atomic E-state index is 12.9. The summed E-state index contributed by atoms with van der Waals surface area (Å²) in [5.41, 5.74) is 5.60. The van der Waals surface area contributed by atoms with E-state index in [0.29, 0.717) is 20.6 Å². The summed E-state index contributed by atoms with van der Waals surface area (Å²) >= 11 is 7.17. The zero-order valence-electron chi connectivity index (χ0n) is 18.3. The van der Waals surface area contributed by atoms with Gasteiger partial charge >= 0.3 is 0 Å². The molecular formula is C24H26ClN3O2S. The molecular weight excluding hydrogens is 430 g/mol. The summed E-state index contributed by atoms with van der Waals surface area (Å²) in [7, 11) is 0. The van der Waals surface area contributed by atoms with Crippen LogP contribution in [0.15, 0.2) is 36.4 Å². The molecule has 0 aliphatic carbocycles. The van der Waals surface area contributed by atoms with Crippen molar-refractivity contribution < 1.29 is 9.59 Å². The Morgan fingerprint density at radius 3 is 2.29 bits per heavy atom. The van der Waals surface area contributed by atoms with E-state index >= 15 is 0 Å². The van der Waals surface area contributed by atoms with E-state index in [4.69, 9.17) is 11.6 Å². The SMILES string of the molecule is Cc1cc(C)c(NC(=O)c2sc(CC(=O)NC(C)c3ccc(Cl)cc3)nc2C)c(C)c1. The molecule has 0 radical (unpaired) electrons. The van der Waals surface area contributed by atoms with Crippen LogP contribution in [0.3, 0.4) is 0 Å². The molecule has 0 spiro atoms. The van der Waals surface area contributed by atoms with E-state index in [1.807, 2.05) is 52.0 Å². The van der Waals surface area contributed by atoms with Crippen molar-refractivity contribution in [1.29, 1.82) is 0 Å². The van der Waals surface area contributed by atoms with E-state index in [9.17, 15) is 9.59 Å². The number of aryl methyl sites for hydroxylation is 4. The fourth-order valence-corrected chi connectivity index (χ4v) is 4.64. The molecule has 162 valence electrons. The maximum Gasteiger partial charge on any atom is 0.267 e. The van der Waals surface area contributed by atoms with Crippen molar-refractivity contribution in [2.75, 3.05) is 5.32 Å². The lowest BCUT2D eigenvalue weighted by Gasteiger charge is -2.14. The third-order valence-corrected chi connectivity index (χ3v) is 6.43. The molecule has 5 nitrogen and oxygen atoms in total.